The number of rotatable bonds is 2. The third-order valence-corrected chi connectivity index (χ3v) is 9.47. The lowest BCUT2D eigenvalue weighted by Gasteiger charge is -2.15. The molecule has 0 radical (unpaired) electrons. The predicted octanol–water partition coefficient (Wildman–Crippen LogP) is 9.31. The molecule has 0 aliphatic heterocycles. The molecule has 0 unspecified atom stereocenters. The molecule has 4 heterocycles. The fraction of sp³-hybridized carbons (Fsp3) is 0. The van der Waals surface area contributed by atoms with Crippen LogP contribution in [0.15, 0.2) is 122 Å². The fourth-order valence-corrected chi connectivity index (χ4v) is 7.57. The lowest BCUT2D eigenvalue weighted by Crippen LogP contribution is -1.95. The number of nitriles is 2. The number of hydrogen-bond donors (Lipinski definition) is 0. The van der Waals surface area contributed by atoms with Crippen LogP contribution < -0.4 is 0 Å². The van der Waals surface area contributed by atoms with Crippen molar-refractivity contribution in [3.8, 4) is 23.5 Å². The maximum absolute atomic E-state index is 9.40. The van der Waals surface area contributed by atoms with Gasteiger partial charge in [0.05, 0.1) is 45.3 Å². The number of fused-ring (bicyclic) bond motifs is 8. The Kier molecular flexibility index (Phi) is 4.76. The first-order chi connectivity index (χ1) is 22.7. The van der Waals surface area contributed by atoms with E-state index in [1.165, 1.54) is 32.3 Å². The third kappa shape index (κ3) is 3.12. The van der Waals surface area contributed by atoms with Crippen LogP contribution in [0.2, 0.25) is 0 Å². The molecule has 0 spiro atoms. The van der Waals surface area contributed by atoms with Gasteiger partial charge >= 0.3 is 0 Å². The first-order valence-corrected chi connectivity index (χ1v) is 15.0. The minimum atomic E-state index is 0.635. The topological polar surface area (TPSA) is 83.2 Å². The van der Waals surface area contributed by atoms with Crippen molar-refractivity contribution in [2.24, 2.45) is 0 Å². The average Bonchev–Trinajstić information content (AvgIpc) is 3.63. The van der Waals surface area contributed by atoms with Crippen molar-refractivity contribution in [3.63, 3.8) is 0 Å². The lowest BCUT2D eigenvalue weighted by atomic mass is 9.90. The van der Waals surface area contributed by atoms with E-state index < -0.39 is 0 Å². The molecule has 46 heavy (non-hydrogen) atoms. The molecule has 0 N–H and O–H groups in total. The number of aromatic nitrogens is 4. The van der Waals surface area contributed by atoms with Gasteiger partial charge in [-0.2, -0.15) is 10.5 Å². The highest BCUT2D eigenvalue weighted by molar-refractivity contribution is 6.37. The smallest absolute Gasteiger partial charge is 0.0991 e. The normalized spacial score (nSPS) is 11.9. The van der Waals surface area contributed by atoms with Crippen LogP contribution in [0.25, 0.3) is 87.3 Å². The van der Waals surface area contributed by atoms with Crippen molar-refractivity contribution < 1.29 is 0 Å². The van der Waals surface area contributed by atoms with Gasteiger partial charge in [-0.15, -0.1) is 0 Å². The second kappa shape index (κ2) is 8.89. The molecular weight excluding hydrogens is 564 g/mol. The Bertz CT molecular complexity index is 2760. The average molecular weight is 585 g/mol. The Morgan fingerprint density at radius 3 is 1.28 bits per heavy atom. The molecule has 0 aliphatic rings. The van der Waals surface area contributed by atoms with Crippen LogP contribution in [-0.4, -0.2) is 19.1 Å². The highest BCUT2D eigenvalue weighted by Crippen LogP contribution is 2.46. The SMILES string of the molecule is N#Cc1ccc(-n2c3ccncc3c3c4ccc5cc6c(c7ccc(cc32)c4c57)c2cnccc2n6-c2ccc(C#N)cc2)cc1. The maximum Gasteiger partial charge on any atom is 0.0991 e. The van der Waals surface area contributed by atoms with Crippen molar-refractivity contribution in [3.05, 3.63) is 133 Å². The van der Waals surface area contributed by atoms with Crippen molar-refractivity contribution >= 4 is 75.9 Å². The van der Waals surface area contributed by atoms with Gasteiger partial charge in [-0.05, 0) is 105 Å². The standard InChI is InChI=1S/C40H20N6/c41-19-23-1-7-27(8-2-23)45-33-13-15-43-21-31(33)39-29-11-6-26-18-36-40(30-12-5-25(17-35(39)45)37(29)38(26)30)32-22-44-16-14-34(32)46(36)28-9-3-24(20-42)4-10-28/h1-18,21-22H. The van der Waals surface area contributed by atoms with Crippen LogP contribution in [0.3, 0.4) is 0 Å². The molecule has 4 aromatic heterocycles. The molecular formula is C40H20N6. The first-order valence-electron chi connectivity index (χ1n) is 15.0. The van der Waals surface area contributed by atoms with Gasteiger partial charge in [0, 0.05) is 57.7 Å². The van der Waals surface area contributed by atoms with Crippen LogP contribution in [0.1, 0.15) is 11.1 Å². The van der Waals surface area contributed by atoms with Gasteiger partial charge in [-0.3, -0.25) is 9.97 Å². The molecule has 0 atom stereocenters. The molecule has 0 saturated carbocycles. The van der Waals surface area contributed by atoms with E-state index >= 15 is 0 Å². The Hall–Kier alpha value is -6.76. The summed E-state index contributed by atoms with van der Waals surface area (Å²) in [5.74, 6) is 0. The Morgan fingerprint density at radius 2 is 0.870 bits per heavy atom. The van der Waals surface area contributed by atoms with Crippen molar-refractivity contribution in [1.82, 2.24) is 19.1 Å². The Labute approximate surface area is 261 Å². The largest absolute Gasteiger partial charge is 0.309 e. The zero-order valence-corrected chi connectivity index (χ0v) is 24.2. The van der Waals surface area contributed by atoms with Crippen LogP contribution in [0.5, 0.6) is 0 Å². The fourth-order valence-electron chi connectivity index (χ4n) is 7.57. The van der Waals surface area contributed by atoms with Crippen LogP contribution in [0.4, 0.5) is 0 Å². The van der Waals surface area contributed by atoms with E-state index in [1.54, 1.807) is 0 Å². The van der Waals surface area contributed by atoms with Gasteiger partial charge in [0.15, 0.2) is 0 Å². The molecule has 6 nitrogen and oxygen atoms in total. The van der Waals surface area contributed by atoms with Crippen LogP contribution in [-0.2, 0) is 0 Å². The van der Waals surface area contributed by atoms with Gasteiger partial charge in [0.1, 0.15) is 0 Å². The predicted molar refractivity (Wildman–Crippen MR) is 184 cm³/mol. The minimum Gasteiger partial charge on any atom is -0.309 e. The second-order valence-electron chi connectivity index (χ2n) is 11.7. The monoisotopic (exact) mass is 584 g/mol. The summed E-state index contributed by atoms with van der Waals surface area (Å²) in [6, 6.07) is 37.7. The van der Waals surface area contributed by atoms with Gasteiger partial charge in [-0.25, -0.2) is 0 Å². The summed E-state index contributed by atoms with van der Waals surface area (Å²) in [5.41, 5.74) is 7.63. The summed E-state index contributed by atoms with van der Waals surface area (Å²) < 4.78 is 4.55. The summed E-state index contributed by atoms with van der Waals surface area (Å²) in [5, 5.41) is 30.5. The molecule has 10 rings (SSSR count). The van der Waals surface area contributed by atoms with Crippen molar-refractivity contribution in [2.75, 3.05) is 0 Å². The number of nitrogens with zero attached hydrogens (tertiary/aromatic N) is 6. The third-order valence-electron chi connectivity index (χ3n) is 9.47. The van der Waals surface area contributed by atoms with Crippen LogP contribution >= 0.6 is 0 Å². The van der Waals surface area contributed by atoms with E-state index in [-0.39, 0.29) is 0 Å². The zero-order chi connectivity index (χ0) is 30.5. The summed E-state index contributed by atoms with van der Waals surface area (Å²) in [6.45, 7) is 0. The number of pyridine rings is 2. The van der Waals surface area contributed by atoms with Gasteiger partial charge in [0.25, 0.3) is 0 Å². The van der Waals surface area contributed by atoms with E-state index in [1.807, 2.05) is 73.3 Å². The second-order valence-corrected chi connectivity index (χ2v) is 11.7. The summed E-state index contributed by atoms with van der Waals surface area (Å²) in [4.78, 5) is 9.08. The molecule has 0 amide bonds. The van der Waals surface area contributed by atoms with Crippen molar-refractivity contribution in [2.45, 2.75) is 0 Å². The van der Waals surface area contributed by atoms with Gasteiger partial charge in [-0.1, -0.05) is 24.3 Å². The van der Waals surface area contributed by atoms with Gasteiger partial charge < -0.3 is 9.13 Å². The minimum absolute atomic E-state index is 0.635. The van der Waals surface area contributed by atoms with Gasteiger partial charge in [0.2, 0.25) is 0 Å². The van der Waals surface area contributed by atoms with E-state index in [4.69, 9.17) is 0 Å². The Balaban J connectivity index is 1.36. The van der Waals surface area contributed by atoms with E-state index in [0.717, 1.165) is 55.0 Å². The first kappa shape index (κ1) is 24.7. The molecule has 210 valence electrons. The summed E-state index contributed by atoms with van der Waals surface area (Å²) >= 11 is 0. The maximum atomic E-state index is 9.40. The lowest BCUT2D eigenvalue weighted by molar-refractivity contribution is 1.17. The summed E-state index contributed by atoms with van der Waals surface area (Å²) in [7, 11) is 0. The van der Waals surface area contributed by atoms with E-state index in [9.17, 15) is 10.5 Å². The molecule has 6 heteroatoms. The highest BCUT2D eigenvalue weighted by atomic mass is 15.0. The zero-order valence-electron chi connectivity index (χ0n) is 24.2. The van der Waals surface area contributed by atoms with Crippen molar-refractivity contribution in [1.29, 1.82) is 10.5 Å². The molecule has 0 bridgehead atoms. The molecule has 0 aliphatic carbocycles. The molecule has 10 aromatic rings. The van der Waals surface area contributed by atoms with Crippen LogP contribution in [0, 0.1) is 22.7 Å². The number of hydrogen-bond acceptors (Lipinski definition) is 4. The van der Waals surface area contributed by atoms with E-state index in [0.29, 0.717) is 11.1 Å². The molecule has 0 fully saturated rings. The highest BCUT2D eigenvalue weighted by Gasteiger charge is 2.22. The number of benzene rings is 6. The quantitative estimate of drug-likeness (QED) is 0.190. The Morgan fingerprint density at radius 1 is 0.435 bits per heavy atom. The molecule has 6 aromatic carbocycles. The molecule has 0 saturated heterocycles. The summed E-state index contributed by atoms with van der Waals surface area (Å²) in [6.07, 6.45) is 7.60. The van der Waals surface area contributed by atoms with E-state index in [2.05, 4.69) is 79.8 Å².